The second-order valence-corrected chi connectivity index (χ2v) is 7.96. The van der Waals surface area contributed by atoms with Crippen LogP contribution in [0.2, 0.25) is 0 Å². The molecule has 2 aromatic rings. The minimum atomic E-state index is -1.23. The Hall–Kier alpha value is -2.69. The van der Waals surface area contributed by atoms with Gasteiger partial charge in [-0.15, -0.1) is 0 Å². The monoisotopic (exact) mass is 437 g/mol. The maximum atomic E-state index is 14.3. The van der Waals surface area contributed by atoms with Gasteiger partial charge in [0.25, 0.3) is 5.91 Å². The van der Waals surface area contributed by atoms with E-state index < -0.39 is 47.9 Å². The highest BCUT2D eigenvalue weighted by Gasteiger charge is 2.51. The van der Waals surface area contributed by atoms with Gasteiger partial charge in [-0.1, -0.05) is 13.0 Å². The number of benzene rings is 1. The van der Waals surface area contributed by atoms with E-state index in [1.165, 1.54) is 25.6 Å². The van der Waals surface area contributed by atoms with Crippen LogP contribution < -0.4 is 10.1 Å². The maximum Gasteiger partial charge on any atom is 0.254 e. The number of carbonyl (C=O) groups is 1. The van der Waals surface area contributed by atoms with E-state index in [9.17, 15) is 18.7 Å². The van der Waals surface area contributed by atoms with Crippen molar-refractivity contribution in [2.75, 3.05) is 19.0 Å². The summed E-state index contributed by atoms with van der Waals surface area (Å²) in [5.41, 5.74) is -0.151. The van der Waals surface area contributed by atoms with Gasteiger partial charge in [0.1, 0.15) is 12.2 Å². The molecule has 1 aromatic heterocycles. The van der Waals surface area contributed by atoms with Gasteiger partial charge < -0.3 is 25.0 Å². The molecule has 10 heteroatoms. The molecule has 1 aliphatic heterocycles. The zero-order valence-corrected chi connectivity index (χ0v) is 17.6. The Morgan fingerprint density at radius 3 is 2.55 bits per heavy atom. The van der Waals surface area contributed by atoms with Gasteiger partial charge in [-0.05, 0) is 25.8 Å². The Balaban J connectivity index is 1.91. The number of hydrogen-bond acceptors (Lipinski definition) is 7. The number of carbonyl (C=O) groups excluding carboxylic acids is 1. The van der Waals surface area contributed by atoms with Gasteiger partial charge in [0.2, 0.25) is 5.82 Å². The third kappa shape index (κ3) is 4.36. The Morgan fingerprint density at radius 1 is 1.32 bits per heavy atom. The molecule has 1 aromatic carbocycles. The number of aliphatic hydroxyl groups excluding tert-OH is 2. The van der Waals surface area contributed by atoms with E-state index in [0.29, 0.717) is 5.56 Å². The number of halogens is 2. The molecular weight excluding hydrogens is 412 g/mol. The molecule has 168 valence electrons. The van der Waals surface area contributed by atoms with Crippen LogP contribution in [-0.4, -0.2) is 51.5 Å². The quantitative estimate of drug-likeness (QED) is 0.636. The highest BCUT2D eigenvalue weighted by molar-refractivity contribution is 5.95. The molecule has 0 bridgehead atoms. The summed E-state index contributed by atoms with van der Waals surface area (Å²) in [6.45, 7) is 4.97. The van der Waals surface area contributed by atoms with E-state index in [-0.39, 0.29) is 23.2 Å². The number of nitrogens with one attached hydrogen (secondary N) is 1. The minimum absolute atomic E-state index is 0.0109. The third-order valence-electron chi connectivity index (χ3n) is 5.70. The van der Waals surface area contributed by atoms with E-state index in [2.05, 4.69) is 15.3 Å². The van der Waals surface area contributed by atoms with Crippen molar-refractivity contribution < 1.29 is 33.3 Å². The van der Waals surface area contributed by atoms with Crippen molar-refractivity contribution in [3.05, 3.63) is 47.5 Å². The molecule has 0 radical (unpaired) electrons. The zero-order valence-electron chi connectivity index (χ0n) is 17.6. The predicted octanol–water partition coefficient (Wildman–Crippen LogP) is 2.32. The number of aliphatic hydroxyl groups is 2. The Bertz CT molecular complexity index is 955. The first kappa shape index (κ1) is 23.0. The van der Waals surface area contributed by atoms with Crippen LogP contribution in [0, 0.1) is 17.6 Å². The smallest absolute Gasteiger partial charge is 0.254 e. The van der Waals surface area contributed by atoms with Gasteiger partial charge in [0.05, 0.1) is 37.4 Å². The number of nitrogens with zero attached hydrogens (tertiary/aromatic N) is 2. The fourth-order valence-electron chi connectivity index (χ4n) is 3.74. The number of ether oxygens (including phenoxy) is 2. The number of amides is 1. The lowest BCUT2D eigenvalue weighted by Crippen LogP contribution is -2.33. The van der Waals surface area contributed by atoms with Gasteiger partial charge in [-0.25, -0.2) is 14.4 Å². The van der Waals surface area contributed by atoms with Crippen LogP contribution in [0.4, 0.5) is 14.5 Å². The third-order valence-corrected chi connectivity index (χ3v) is 5.70. The summed E-state index contributed by atoms with van der Waals surface area (Å²) < 4.78 is 39.2. The maximum absolute atomic E-state index is 14.3. The Morgan fingerprint density at radius 2 is 1.97 bits per heavy atom. The molecule has 3 N–H and O–H groups in total. The van der Waals surface area contributed by atoms with Crippen LogP contribution in [-0.2, 0) is 9.53 Å². The van der Waals surface area contributed by atoms with Crippen LogP contribution >= 0.6 is 0 Å². The number of methoxy groups -OCH3 is 1. The molecule has 1 amide bonds. The molecule has 0 aliphatic carbocycles. The normalized spacial score (nSPS) is 23.4. The predicted molar refractivity (Wildman–Crippen MR) is 106 cm³/mol. The Kier molecular flexibility index (Phi) is 6.54. The summed E-state index contributed by atoms with van der Waals surface area (Å²) in [6, 6.07) is 2.40. The molecular formula is C21H25F2N3O5. The van der Waals surface area contributed by atoms with Crippen molar-refractivity contribution in [3.8, 4) is 5.75 Å². The molecule has 31 heavy (non-hydrogen) atoms. The van der Waals surface area contributed by atoms with Crippen LogP contribution in [0.1, 0.15) is 44.2 Å². The summed E-state index contributed by atoms with van der Waals surface area (Å²) in [5, 5.41) is 21.2. The summed E-state index contributed by atoms with van der Waals surface area (Å²) >= 11 is 0. The van der Waals surface area contributed by atoms with Crippen molar-refractivity contribution in [1.29, 1.82) is 0 Å². The first-order valence-electron chi connectivity index (χ1n) is 9.72. The van der Waals surface area contributed by atoms with Gasteiger partial charge in [-0.3, -0.25) is 4.79 Å². The molecule has 2 heterocycles. The average Bonchev–Trinajstić information content (AvgIpc) is 2.99. The Labute approximate surface area is 178 Å². The lowest BCUT2D eigenvalue weighted by molar-refractivity contribution is -0.131. The second kappa shape index (κ2) is 8.81. The van der Waals surface area contributed by atoms with Gasteiger partial charge in [-0.2, -0.15) is 4.39 Å². The summed E-state index contributed by atoms with van der Waals surface area (Å²) in [7, 11) is 1.24. The van der Waals surface area contributed by atoms with Gasteiger partial charge in [0, 0.05) is 11.5 Å². The standard InChI is InChI=1S/C21H25F2N3O5/c1-10-15(12-5-6-13(22)16(23)17(12)30-4)18(31-21(10,2)3)20(29)26-11-7-24-19(25-8-11)14(28)9-27/h5-8,10,14-15,18,27-28H,9H2,1-4H3,(H,26,29)/t10-,14-,15?,18+/m0/s1. The molecule has 3 rings (SSSR count). The van der Waals surface area contributed by atoms with Crippen molar-refractivity contribution >= 4 is 11.6 Å². The van der Waals surface area contributed by atoms with E-state index >= 15 is 0 Å². The first-order chi connectivity index (χ1) is 14.6. The lowest BCUT2D eigenvalue weighted by atomic mass is 9.78. The molecule has 0 saturated carbocycles. The van der Waals surface area contributed by atoms with Crippen LogP contribution in [0.5, 0.6) is 5.75 Å². The minimum Gasteiger partial charge on any atom is -0.493 e. The molecule has 0 spiro atoms. The zero-order chi connectivity index (χ0) is 22.9. The van der Waals surface area contributed by atoms with Crippen molar-refractivity contribution in [3.63, 3.8) is 0 Å². The fourth-order valence-corrected chi connectivity index (χ4v) is 3.74. The summed E-state index contributed by atoms with van der Waals surface area (Å²) in [4.78, 5) is 20.9. The highest BCUT2D eigenvalue weighted by atomic mass is 19.2. The van der Waals surface area contributed by atoms with Crippen molar-refractivity contribution in [2.45, 2.75) is 44.5 Å². The molecule has 4 atom stereocenters. The highest BCUT2D eigenvalue weighted by Crippen LogP contribution is 2.49. The SMILES string of the molecule is COc1c(C2[C@H](C(=O)Nc3cnc([C@@H](O)CO)nc3)OC(C)(C)[C@H]2C)ccc(F)c1F. The van der Waals surface area contributed by atoms with Gasteiger partial charge in [0.15, 0.2) is 17.4 Å². The first-order valence-corrected chi connectivity index (χ1v) is 9.72. The molecule has 1 unspecified atom stereocenters. The molecule has 1 fully saturated rings. The van der Waals surface area contributed by atoms with E-state index in [1.54, 1.807) is 0 Å². The van der Waals surface area contributed by atoms with Crippen LogP contribution in [0.3, 0.4) is 0 Å². The lowest BCUT2D eigenvalue weighted by Gasteiger charge is -2.25. The molecule has 1 saturated heterocycles. The number of hydrogen-bond donors (Lipinski definition) is 3. The van der Waals surface area contributed by atoms with Crippen molar-refractivity contribution in [2.24, 2.45) is 5.92 Å². The molecule has 8 nitrogen and oxygen atoms in total. The molecule has 1 aliphatic rings. The van der Waals surface area contributed by atoms with E-state index in [0.717, 1.165) is 6.07 Å². The number of aromatic nitrogens is 2. The second-order valence-electron chi connectivity index (χ2n) is 7.96. The van der Waals surface area contributed by atoms with Gasteiger partial charge >= 0.3 is 0 Å². The topological polar surface area (TPSA) is 114 Å². The summed E-state index contributed by atoms with van der Waals surface area (Å²) in [6.07, 6.45) is 0.326. The largest absolute Gasteiger partial charge is 0.493 e. The van der Waals surface area contributed by atoms with E-state index in [1.807, 2.05) is 20.8 Å². The van der Waals surface area contributed by atoms with Crippen molar-refractivity contribution in [1.82, 2.24) is 9.97 Å². The summed E-state index contributed by atoms with van der Waals surface area (Å²) in [5.74, 6) is -3.79. The number of rotatable bonds is 6. The van der Waals surface area contributed by atoms with E-state index in [4.69, 9.17) is 14.6 Å². The van der Waals surface area contributed by atoms with Crippen LogP contribution in [0.25, 0.3) is 0 Å². The fraction of sp³-hybridized carbons (Fsp3) is 0.476. The number of anilines is 1. The average molecular weight is 437 g/mol. The van der Waals surface area contributed by atoms with Crippen LogP contribution in [0.15, 0.2) is 24.5 Å².